The first-order valence-electron chi connectivity index (χ1n) is 7.49. The summed E-state index contributed by atoms with van der Waals surface area (Å²) in [6, 6.07) is 3.81. The standard InChI is InChI=1S/C15H24N4O.2ClH/c1-3-19(4-2)14-9-8-12(11-17-14)18-15(20)13-7-5-6-10-16-13;;/h8-9,11,13,16H,3-7,10H2,1-2H3,(H,18,20);2*1H. The van der Waals surface area contributed by atoms with Gasteiger partial charge in [0.1, 0.15) is 5.82 Å². The topological polar surface area (TPSA) is 57.3 Å². The molecule has 1 aromatic rings. The third-order valence-corrected chi connectivity index (χ3v) is 3.73. The number of rotatable bonds is 5. The van der Waals surface area contributed by atoms with Crippen LogP contribution in [0.5, 0.6) is 0 Å². The summed E-state index contributed by atoms with van der Waals surface area (Å²) < 4.78 is 0. The largest absolute Gasteiger partial charge is 0.357 e. The van der Waals surface area contributed by atoms with E-state index >= 15 is 0 Å². The lowest BCUT2D eigenvalue weighted by Crippen LogP contribution is -2.43. The second-order valence-electron chi connectivity index (χ2n) is 5.07. The van der Waals surface area contributed by atoms with Gasteiger partial charge in [0, 0.05) is 13.1 Å². The first kappa shape index (κ1) is 21.0. The highest BCUT2D eigenvalue weighted by Gasteiger charge is 2.20. The molecule has 0 bridgehead atoms. The van der Waals surface area contributed by atoms with Crippen LogP contribution in [0.25, 0.3) is 0 Å². The number of pyridine rings is 1. The molecule has 1 amide bonds. The molecule has 1 unspecified atom stereocenters. The van der Waals surface area contributed by atoms with Crippen LogP contribution >= 0.6 is 24.8 Å². The molecular weight excluding hydrogens is 323 g/mol. The predicted molar refractivity (Wildman–Crippen MR) is 96.6 cm³/mol. The van der Waals surface area contributed by atoms with Crippen LogP contribution in [0.3, 0.4) is 0 Å². The van der Waals surface area contributed by atoms with Crippen molar-refractivity contribution in [1.29, 1.82) is 0 Å². The number of anilines is 2. The van der Waals surface area contributed by atoms with Gasteiger partial charge in [0.05, 0.1) is 17.9 Å². The van der Waals surface area contributed by atoms with Gasteiger partial charge in [0.15, 0.2) is 0 Å². The van der Waals surface area contributed by atoms with Gasteiger partial charge in [-0.05, 0) is 45.4 Å². The first-order chi connectivity index (χ1) is 9.74. The van der Waals surface area contributed by atoms with Crippen molar-refractivity contribution in [3.63, 3.8) is 0 Å². The fraction of sp³-hybridized carbons (Fsp3) is 0.600. The summed E-state index contributed by atoms with van der Waals surface area (Å²) in [6.45, 7) is 7.00. The summed E-state index contributed by atoms with van der Waals surface area (Å²) in [5, 5.41) is 6.18. The van der Waals surface area contributed by atoms with Crippen LogP contribution in [0.4, 0.5) is 11.5 Å². The summed E-state index contributed by atoms with van der Waals surface area (Å²) in [4.78, 5) is 18.7. The summed E-state index contributed by atoms with van der Waals surface area (Å²) in [7, 11) is 0. The molecule has 0 saturated carbocycles. The Morgan fingerprint density at radius 3 is 2.55 bits per heavy atom. The van der Waals surface area contributed by atoms with E-state index in [0.717, 1.165) is 50.4 Å². The maximum Gasteiger partial charge on any atom is 0.241 e. The Labute approximate surface area is 145 Å². The molecule has 0 spiro atoms. The van der Waals surface area contributed by atoms with Gasteiger partial charge in [0.25, 0.3) is 0 Å². The second kappa shape index (κ2) is 10.6. The Hall–Kier alpha value is -1.04. The number of hydrogen-bond donors (Lipinski definition) is 2. The SMILES string of the molecule is CCN(CC)c1ccc(NC(=O)C2CCCCN2)cn1.Cl.Cl. The molecule has 1 aliphatic heterocycles. The van der Waals surface area contributed by atoms with Crippen molar-refractivity contribution in [3.05, 3.63) is 18.3 Å². The van der Waals surface area contributed by atoms with Crippen molar-refractivity contribution in [3.8, 4) is 0 Å². The molecule has 0 aliphatic carbocycles. The van der Waals surface area contributed by atoms with Crippen LogP contribution in [0.15, 0.2) is 18.3 Å². The minimum Gasteiger partial charge on any atom is -0.357 e. The summed E-state index contributed by atoms with van der Waals surface area (Å²) >= 11 is 0. The fourth-order valence-corrected chi connectivity index (χ4v) is 2.50. The lowest BCUT2D eigenvalue weighted by Gasteiger charge is -2.23. The third-order valence-electron chi connectivity index (χ3n) is 3.73. The number of nitrogens with one attached hydrogen (secondary N) is 2. The number of piperidine rings is 1. The summed E-state index contributed by atoms with van der Waals surface area (Å²) in [5.41, 5.74) is 0.762. The number of nitrogens with zero attached hydrogens (tertiary/aromatic N) is 2. The molecular formula is C15H26Cl2N4O. The monoisotopic (exact) mass is 348 g/mol. The molecule has 1 aromatic heterocycles. The molecule has 126 valence electrons. The Morgan fingerprint density at radius 2 is 2.05 bits per heavy atom. The molecule has 2 N–H and O–H groups in total. The molecule has 1 atom stereocenters. The average molecular weight is 349 g/mol. The van der Waals surface area contributed by atoms with E-state index < -0.39 is 0 Å². The van der Waals surface area contributed by atoms with Gasteiger partial charge < -0.3 is 15.5 Å². The zero-order valence-electron chi connectivity index (χ0n) is 13.2. The molecule has 1 saturated heterocycles. The second-order valence-corrected chi connectivity index (χ2v) is 5.07. The first-order valence-corrected chi connectivity index (χ1v) is 7.49. The van der Waals surface area contributed by atoms with Crippen molar-refractivity contribution in [2.75, 3.05) is 29.9 Å². The molecule has 1 aliphatic rings. The van der Waals surface area contributed by atoms with Crippen LogP contribution < -0.4 is 15.5 Å². The lowest BCUT2D eigenvalue weighted by atomic mass is 10.0. The Kier molecular flexibility index (Phi) is 10.1. The Balaban J connectivity index is 0.00000220. The van der Waals surface area contributed by atoms with E-state index in [1.807, 2.05) is 12.1 Å². The molecule has 2 heterocycles. The highest BCUT2D eigenvalue weighted by molar-refractivity contribution is 5.94. The molecule has 7 heteroatoms. The lowest BCUT2D eigenvalue weighted by molar-refractivity contribution is -0.118. The zero-order chi connectivity index (χ0) is 14.4. The highest BCUT2D eigenvalue weighted by atomic mass is 35.5. The van der Waals surface area contributed by atoms with Gasteiger partial charge in [0.2, 0.25) is 5.91 Å². The smallest absolute Gasteiger partial charge is 0.241 e. The minimum absolute atomic E-state index is 0. The molecule has 0 radical (unpaired) electrons. The van der Waals surface area contributed by atoms with Crippen molar-refractivity contribution < 1.29 is 4.79 Å². The van der Waals surface area contributed by atoms with E-state index in [4.69, 9.17) is 0 Å². The molecule has 0 aromatic carbocycles. The van der Waals surface area contributed by atoms with E-state index in [9.17, 15) is 4.79 Å². The van der Waals surface area contributed by atoms with Crippen molar-refractivity contribution >= 4 is 42.2 Å². The minimum atomic E-state index is -0.0637. The summed E-state index contributed by atoms with van der Waals surface area (Å²) in [6.07, 6.45) is 4.92. The van der Waals surface area contributed by atoms with E-state index in [1.54, 1.807) is 6.20 Å². The van der Waals surface area contributed by atoms with Crippen LogP contribution in [0, 0.1) is 0 Å². The average Bonchev–Trinajstić information content (AvgIpc) is 2.51. The van der Waals surface area contributed by atoms with E-state index in [2.05, 4.69) is 34.4 Å². The van der Waals surface area contributed by atoms with Gasteiger partial charge in [-0.15, -0.1) is 24.8 Å². The number of aromatic nitrogens is 1. The van der Waals surface area contributed by atoms with Gasteiger partial charge >= 0.3 is 0 Å². The van der Waals surface area contributed by atoms with E-state index in [0.29, 0.717) is 0 Å². The van der Waals surface area contributed by atoms with E-state index in [-0.39, 0.29) is 36.8 Å². The number of hydrogen-bond acceptors (Lipinski definition) is 4. The predicted octanol–water partition coefficient (Wildman–Crippen LogP) is 2.85. The van der Waals surface area contributed by atoms with Gasteiger partial charge in [-0.3, -0.25) is 4.79 Å². The van der Waals surface area contributed by atoms with Crippen LogP contribution in [-0.2, 0) is 4.79 Å². The molecule has 22 heavy (non-hydrogen) atoms. The van der Waals surface area contributed by atoms with Crippen molar-refractivity contribution in [1.82, 2.24) is 10.3 Å². The normalized spacial score (nSPS) is 16.9. The van der Waals surface area contributed by atoms with Crippen LogP contribution in [0.1, 0.15) is 33.1 Å². The van der Waals surface area contributed by atoms with Crippen LogP contribution in [0.2, 0.25) is 0 Å². The Bertz CT molecular complexity index is 432. The van der Waals surface area contributed by atoms with E-state index in [1.165, 1.54) is 0 Å². The number of carbonyl (C=O) groups is 1. The molecule has 5 nitrogen and oxygen atoms in total. The summed E-state index contributed by atoms with van der Waals surface area (Å²) in [5.74, 6) is 0.992. The third kappa shape index (κ3) is 5.63. The van der Waals surface area contributed by atoms with Gasteiger partial charge in [-0.2, -0.15) is 0 Å². The van der Waals surface area contributed by atoms with Gasteiger partial charge in [-0.1, -0.05) is 6.42 Å². The molecule has 2 rings (SSSR count). The maximum atomic E-state index is 12.1. The quantitative estimate of drug-likeness (QED) is 0.858. The van der Waals surface area contributed by atoms with Gasteiger partial charge in [-0.25, -0.2) is 4.98 Å². The van der Waals surface area contributed by atoms with Crippen molar-refractivity contribution in [2.24, 2.45) is 0 Å². The number of carbonyl (C=O) groups excluding carboxylic acids is 1. The number of halogens is 2. The zero-order valence-corrected chi connectivity index (χ0v) is 14.8. The van der Waals surface area contributed by atoms with Crippen molar-refractivity contribution in [2.45, 2.75) is 39.2 Å². The maximum absolute atomic E-state index is 12.1. The number of amides is 1. The fourth-order valence-electron chi connectivity index (χ4n) is 2.50. The highest BCUT2D eigenvalue weighted by Crippen LogP contribution is 2.15. The Morgan fingerprint density at radius 1 is 1.32 bits per heavy atom. The molecule has 1 fully saturated rings. The van der Waals surface area contributed by atoms with Crippen LogP contribution in [-0.4, -0.2) is 36.6 Å².